The van der Waals surface area contributed by atoms with E-state index in [1.807, 2.05) is 6.92 Å². The Bertz CT molecular complexity index is 916. The SMILES string of the molecule is CCOC(=O)C1=C(C)NC2=C(C(=O)[C@@H](C(=O)OC)[C@H](C)C2)[C@H]1c1ccc(F)cc1. The first-order chi connectivity index (χ1) is 13.8. The third-order valence-electron chi connectivity index (χ3n) is 5.44. The lowest BCUT2D eigenvalue weighted by atomic mass is 9.69. The molecule has 1 aromatic rings. The summed E-state index contributed by atoms with van der Waals surface area (Å²) < 4.78 is 23.6. The molecule has 1 aliphatic carbocycles. The Hall–Kier alpha value is -2.96. The molecule has 29 heavy (non-hydrogen) atoms. The molecule has 7 heteroatoms. The van der Waals surface area contributed by atoms with Crippen LogP contribution >= 0.6 is 0 Å². The summed E-state index contributed by atoms with van der Waals surface area (Å²) in [6, 6.07) is 5.65. The minimum atomic E-state index is -0.953. The molecule has 0 radical (unpaired) electrons. The summed E-state index contributed by atoms with van der Waals surface area (Å²) in [7, 11) is 1.25. The van der Waals surface area contributed by atoms with Crippen molar-refractivity contribution in [2.24, 2.45) is 11.8 Å². The zero-order valence-electron chi connectivity index (χ0n) is 16.9. The second kappa shape index (κ2) is 8.19. The van der Waals surface area contributed by atoms with E-state index in [0.29, 0.717) is 29.0 Å². The monoisotopic (exact) mass is 401 g/mol. The van der Waals surface area contributed by atoms with E-state index in [4.69, 9.17) is 9.47 Å². The van der Waals surface area contributed by atoms with Gasteiger partial charge in [-0.15, -0.1) is 0 Å². The van der Waals surface area contributed by atoms with Gasteiger partial charge in [-0.2, -0.15) is 0 Å². The Morgan fingerprint density at radius 2 is 1.90 bits per heavy atom. The fraction of sp³-hybridized carbons (Fsp3) is 0.409. The molecular weight excluding hydrogens is 377 g/mol. The molecule has 6 nitrogen and oxygen atoms in total. The van der Waals surface area contributed by atoms with E-state index in [1.54, 1.807) is 26.0 Å². The summed E-state index contributed by atoms with van der Waals surface area (Å²) in [5, 5.41) is 3.17. The van der Waals surface area contributed by atoms with Crippen LogP contribution in [-0.4, -0.2) is 31.4 Å². The van der Waals surface area contributed by atoms with E-state index in [9.17, 15) is 18.8 Å². The average Bonchev–Trinajstić information content (AvgIpc) is 2.67. The van der Waals surface area contributed by atoms with Crippen molar-refractivity contribution in [2.45, 2.75) is 33.1 Å². The van der Waals surface area contributed by atoms with E-state index in [1.165, 1.54) is 19.2 Å². The molecule has 1 aromatic carbocycles. The predicted molar refractivity (Wildman–Crippen MR) is 103 cm³/mol. The van der Waals surface area contributed by atoms with Gasteiger partial charge in [0.05, 0.1) is 19.3 Å². The second-order valence-electron chi connectivity index (χ2n) is 7.31. The summed E-state index contributed by atoms with van der Waals surface area (Å²) in [5.74, 6) is -3.93. The van der Waals surface area contributed by atoms with Gasteiger partial charge in [-0.1, -0.05) is 19.1 Å². The summed E-state index contributed by atoms with van der Waals surface area (Å²) in [4.78, 5) is 38.5. The number of halogens is 1. The zero-order chi connectivity index (χ0) is 21.3. The molecule has 0 saturated carbocycles. The molecule has 3 rings (SSSR count). The molecule has 3 atom stereocenters. The number of methoxy groups -OCH3 is 1. The molecule has 1 aliphatic heterocycles. The number of allylic oxidation sites excluding steroid dienone is 3. The van der Waals surface area contributed by atoms with E-state index in [0.717, 1.165) is 0 Å². The van der Waals surface area contributed by atoms with Gasteiger partial charge in [0.2, 0.25) is 0 Å². The van der Waals surface area contributed by atoms with Crippen molar-refractivity contribution in [1.29, 1.82) is 0 Å². The summed E-state index contributed by atoms with van der Waals surface area (Å²) in [6.45, 7) is 5.43. The van der Waals surface area contributed by atoms with Gasteiger partial charge in [-0.3, -0.25) is 9.59 Å². The third-order valence-corrected chi connectivity index (χ3v) is 5.44. The average molecular weight is 401 g/mol. The Labute approximate surface area is 168 Å². The van der Waals surface area contributed by atoms with Crippen LogP contribution in [0, 0.1) is 17.7 Å². The van der Waals surface area contributed by atoms with E-state index >= 15 is 0 Å². The predicted octanol–water partition coefficient (Wildman–Crippen LogP) is 3.00. The lowest BCUT2D eigenvalue weighted by Gasteiger charge is -2.38. The third kappa shape index (κ3) is 3.69. The van der Waals surface area contributed by atoms with Gasteiger partial charge >= 0.3 is 11.9 Å². The van der Waals surface area contributed by atoms with Crippen LogP contribution in [0.4, 0.5) is 4.39 Å². The van der Waals surface area contributed by atoms with Gasteiger partial charge in [-0.25, -0.2) is 9.18 Å². The fourth-order valence-electron chi connectivity index (χ4n) is 4.15. The maximum absolute atomic E-state index is 13.5. The number of carbonyl (C=O) groups is 3. The molecular formula is C22H24FNO5. The van der Waals surface area contributed by atoms with Crippen molar-refractivity contribution in [1.82, 2.24) is 5.32 Å². The van der Waals surface area contributed by atoms with Crippen LogP contribution in [0.5, 0.6) is 0 Å². The Balaban J connectivity index is 2.18. The molecule has 2 aliphatic rings. The maximum atomic E-state index is 13.5. The van der Waals surface area contributed by atoms with Gasteiger partial charge in [0, 0.05) is 22.9 Å². The second-order valence-corrected chi connectivity index (χ2v) is 7.31. The van der Waals surface area contributed by atoms with Gasteiger partial charge < -0.3 is 14.8 Å². The number of hydrogen-bond donors (Lipinski definition) is 1. The number of carbonyl (C=O) groups excluding carboxylic acids is 3. The molecule has 0 unspecified atom stereocenters. The van der Waals surface area contributed by atoms with E-state index < -0.39 is 29.6 Å². The number of Topliss-reactive ketones (excluding diaryl/α,β-unsaturated/α-hetero) is 1. The van der Waals surface area contributed by atoms with Crippen LogP contribution < -0.4 is 5.32 Å². The van der Waals surface area contributed by atoms with Crippen molar-refractivity contribution in [3.8, 4) is 0 Å². The number of benzene rings is 1. The van der Waals surface area contributed by atoms with Crippen LogP contribution in [-0.2, 0) is 23.9 Å². The van der Waals surface area contributed by atoms with E-state index in [2.05, 4.69) is 5.32 Å². The molecule has 1 N–H and O–H groups in total. The highest BCUT2D eigenvalue weighted by atomic mass is 19.1. The molecule has 0 bridgehead atoms. The first-order valence-electron chi connectivity index (χ1n) is 9.55. The van der Waals surface area contributed by atoms with Crippen LogP contribution in [0.15, 0.2) is 46.8 Å². The lowest BCUT2D eigenvalue weighted by molar-refractivity contribution is -0.151. The van der Waals surface area contributed by atoms with Gasteiger partial charge in [0.1, 0.15) is 11.7 Å². The lowest BCUT2D eigenvalue weighted by Crippen LogP contribution is -2.43. The molecule has 154 valence electrons. The number of nitrogens with one attached hydrogen (secondary N) is 1. The standard InChI is InChI=1S/C22H24FNO5/c1-5-29-22(27)17-12(3)24-15-10-11(2)16(21(26)28-4)20(25)19(15)18(17)13-6-8-14(23)9-7-13/h6-9,11,16,18,24H,5,10H2,1-4H3/t11-,16+,18+/m1/s1. The first-order valence-corrected chi connectivity index (χ1v) is 9.55. The Kier molecular flexibility index (Phi) is 5.86. The van der Waals surface area contributed by atoms with Crippen molar-refractivity contribution >= 4 is 17.7 Å². The highest BCUT2D eigenvalue weighted by molar-refractivity contribution is 6.12. The number of hydrogen-bond acceptors (Lipinski definition) is 6. The van der Waals surface area contributed by atoms with Gasteiger partial charge in [-0.05, 0) is 43.9 Å². The minimum absolute atomic E-state index is 0.174. The van der Waals surface area contributed by atoms with Crippen molar-refractivity contribution in [2.75, 3.05) is 13.7 Å². The van der Waals surface area contributed by atoms with Crippen LogP contribution in [0.3, 0.4) is 0 Å². The van der Waals surface area contributed by atoms with Gasteiger partial charge in [0.15, 0.2) is 5.78 Å². The van der Waals surface area contributed by atoms with Crippen LogP contribution in [0.25, 0.3) is 0 Å². The summed E-state index contributed by atoms with van der Waals surface area (Å²) in [6.07, 6.45) is 0.450. The Morgan fingerprint density at radius 3 is 2.48 bits per heavy atom. The highest BCUT2D eigenvalue weighted by Gasteiger charge is 2.47. The minimum Gasteiger partial charge on any atom is -0.468 e. The Morgan fingerprint density at radius 1 is 1.24 bits per heavy atom. The van der Waals surface area contributed by atoms with Crippen molar-refractivity contribution < 1.29 is 28.2 Å². The van der Waals surface area contributed by atoms with Crippen molar-refractivity contribution in [3.63, 3.8) is 0 Å². The number of rotatable bonds is 4. The summed E-state index contributed by atoms with van der Waals surface area (Å²) in [5.41, 5.74) is 2.44. The number of dihydropyridines is 1. The molecule has 0 aromatic heterocycles. The van der Waals surface area contributed by atoms with Crippen molar-refractivity contribution in [3.05, 3.63) is 58.2 Å². The number of ether oxygens (including phenoxy) is 2. The molecule has 0 spiro atoms. The number of esters is 2. The topological polar surface area (TPSA) is 81.7 Å². The fourth-order valence-corrected chi connectivity index (χ4v) is 4.15. The highest BCUT2D eigenvalue weighted by Crippen LogP contribution is 2.45. The number of ketones is 1. The molecule has 0 fully saturated rings. The smallest absolute Gasteiger partial charge is 0.336 e. The normalized spacial score (nSPS) is 24.0. The van der Waals surface area contributed by atoms with Crippen LogP contribution in [0.1, 0.15) is 38.7 Å². The first kappa shape index (κ1) is 20.8. The maximum Gasteiger partial charge on any atom is 0.336 e. The molecule has 1 heterocycles. The molecule has 0 amide bonds. The largest absolute Gasteiger partial charge is 0.468 e. The van der Waals surface area contributed by atoms with Crippen LogP contribution in [0.2, 0.25) is 0 Å². The molecule has 0 saturated heterocycles. The summed E-state index contributed by atoms with van der Waals surface area (Å²) >= 11 is 0. The van der Waals surface area contributed by atoms with Gasteiger partial charge in [0.25, 0.3) is 0 Å². The zero-order valence-corrected chi connectivity index (χ0v) is 16.9. The quantitative estimate of drug-likeness (QED) is 0.617. The van der Waals surface area contributed by atoms with E-state index in [-0.39, 0.29) is 23.9 Å².